The first-order chi connectivity index (χ1) is 15.8. The molecule has 2 heterocycles. The number of fused-ring (bicyclic) bond motifs is 3. The van der Waals surface area contributed by atoms with Crippen LogP contribution in [0.1, 0.15) is 6.92 Å². The summed E-state index contributed by atoms with van der Waals surface area (Å²) in [7, 11) is 0. The number of nitrogens with zero attached hydrogens (tertiary/aromatic N) is 3. The highest BCUT2D eigenvalue weighted by Crippen LogP contribution is 2.39. The van der Waals surface area contributed by atoms with Gasteiger partial charge < -0.3 is 0 Å². The van der Waals surface area contributed by atoms with Crippen molar-refractivity contribution >= 4 is 31.5 Å². The third kappa shape index (κ3) is 3.12. The van der Waals surface area contributed by atoms with Gasteiger partial charge in [0.25, 0.3) is 0 Å². The Morgan fingerprint density at radius 2 is 1.44 bits per heavy atom. The molecule has 0 N–H and O–H groups in total. The average molecular weight is 432 g/mol. The SMILES string of the molecule is CCn1nc(-c2cccc3c2sc2ccccc23)nc1-c1cccc(-c2ccccc2)c1. The smallest absolute Gasteiger partial charge is 0.183 e. The van der Waals surface area contributed by atoms with Crippen LogP contribution in [0.2, 0.25) is 0 Å². The van der Waals surface area contributed by atoms with E-state index in [-0.39, 0.29) is 0 Å². The Balaban J connectivity index is 1.50. The van der Waals surface area contributed by atoms with Crippen molar-refractivity contribution in [3.8, 4) is 33.9 Å². The normalized spacial score (nSPS) is 11.4. The van der Waals surface area contributed by atoms with Crippen LogP contribution in [0.25, 0.3) is 54.1 Å². The average Bonchev–Trinajstić information content (AvgIpc) is 3.46. The van der Waals surface area contributed by atoms with Crippen molar-refractivity contribution in [2.75, 3.05) is 0 Å². The van der Waals surface area contributed by atoms with Gasteiger partial charge in [0, 0.05) is 37.8 Å². The van der Waals surface area contributed by atoms with Gasteiger partial charge in [-0.05, 0) is 36.2 Å². The van der Waals surface area contributed by atoms with E-state index in [0.717, 1.165) is 29.3 Å². The molecule has 0 aliphatic carbocycles. The van der Waals surface area contributed by atoms with Crippen LogP contribution in [0.3, 0.4) is 0 Å². The molecule has 0 fully saturated rings. The van der Waals surface area contributed by atoms with E-state index in [1.165, 1.54) is 31.3 Å². The van der Waals surface area contributed by atoms with Crippen molar-refractivity contribution in [3.05, 3.63) is 97.1 Å². The van der Waals surface area contributed by atoms with E-state index in [0.29, 0.717) is 0 Å². The van der Waals surface area contributed by atoms with Crippen LogP contribution in [0, 0.1) is 0 Å². The summed E-state index contributed by atoms with van der Waals surface area (Å²) in [6.07, 6.45) is 0. The maximum atomic E-state index is 5.04. The quantitative estimate of drug-likeness (QED) is 0.287. The monoisotopic (exact) mass is 431 g/mol. The van der Waals surface area contributed by atoms with E-state index in [4.69, 9.17) is 10.1 Å². The Hall–Kier alpha value is -3.76. The third-order valence-corrected chi connectivity index (χ3v) is 7.06. The number of hydrogen-bond acceptors (Lipinski definition) is 3. The molecule has 0 aliphatic rings. The lowest BCUT2D eigenvalue weighted by molar-refractivity contribution is 0.668. The molecule has 0 bridgehead atoms. The zero-order chi connectivity index (χ0) is 21.5. The van der Waals surface area contributed by atoms with Crippen LogP contribution < -0.4 is 0 Å². The molecule has 154 valence electrons. The zero-order valence-corrected chi connectivity index (χ0v) is 18.5. The molecule has 0 spiro atoms. The minimum atomic E-state index is 0.764. The Kier molecular flexibility index (Phi) is 4.58. The van der Waals surface area contributed by atoms with Crippen molar-refractivity contribution in [2.45, 2.75) is 13.5 Å². The molecule has 2 aromatic heterocycles. The first kappa shape index (κ1) is 19.0. The number of rotatable bonds is 4. The standard InChI is InChI=1S/C28H21N3S/c1-2-31-28(21-13-8-12-20(18-21)19-10-4-3-5-11-19)29-27(30-31)24-16-9-15-23-22-14-6-7-17-25(22)32-26(23)24/h3-18H,2H2,1H3. The van der Waals surface area contributed by atoms with E-state index in [9.17, 15) is 0 Å². The van der Waals surface area contributed by atoms with Gasteiger partial charge in [0.15, 0.2) is 11.6 Å². The van der Waals surface area contributed by atoms with Gasteiger partial charge in [-0.15, -0.1) is 11.3 Å². The Morgan fingerprint density at radius 1 is 0.719 bits per heavy atom. The first-order valence-corrected chi connectivity index (χ1v) is 11.6. The molecule has 0 saturated heterocycles. The number of thiophene rings is 1. The maximum absolute atomic E-state index is 5.04. The molecule has 3 nitrogen and oxygen atoms in total. The second-order valence-corrected chi connectivity index (χ2v) is 8.85. The van der Waals surface area contributed by atoms with E-state index >= 15 is 0 Å². The minimum absolute atomic E-state index is 0.764. The fourth-order valence-corrected chi connectivity index (χ4v) is 5.49. The molecule has 0 amide bonds. The summed E-state index contributed by atoms with van der Waals surface area (Å²) in [5.74, 6) is 1.68. The lowest BCUT2D eigenvalue weighted by Crippen LogP contribution is -1.99. The van der Waals surface area contributed by atoms with Gasteiger partial charge in [0.2, 0.25) is 0 Å². The lowest BCUT2D eigenvalue weighted by Gasteiger charge is -2.06. The maximum Gasteiger partial charge on any atom is 0.183 e. The fraction of sp³-hybridized carbons (Fsp3) is 0.0714. The topological polar surface area (TPSA) is 30.7 Å². The van der Waals surface area contributed by atoms with Crippen molar-refractivity contribution in [1.29, 1.82) is 0 Å². The van der Waals surface area contributed by atoms with E-state index < -0.39 is 0 Å². The second-order valence-electron chi connectivity index (χ2n) is 7.80. The Morgan fingerprint density at radius 3 is 2.31 bits per heavy atom. The molecule has 0 aliphatic heterocycles. The first-order valence-electron chi connectivity index (χ1n) is 10.8. The van der Waals surface area contributed by atoms with Crippen molar-refractivity contribution < 1.29 is 0 Å². The molecule has 0 unspecified atom stereocenters. The van der Waals surface area contributed by atoms with Crippen LogP contribution in [0.4, 0.5) is 0 Å². The van der Waals surface area contributed by atoms with Gasteiger partial charge in [-0.3, -0.25) is 0 Å². The fourth-order valence-electron chi connectivity index (χ4n) is 4.28. The molecule has 0 saturated carbocycles. The number of aromatic nitrogens is 3. The second kappa shape index (κ2) is 7.74. The highest BCUT2D eigenvalue weighted by atomic mass is 32.1. The molecule has 6 aromatic rings. The molecular formula is C28H21N3S. The molecular weight excluding hydrogens is 410 g/mol. The van der Waals surface area contributed by atoms with Gasteiger partial charge in [-0.25, -0.2) is 9.67 Å². The number of hydrogen-bond donors (Lipinski definition) is 0. The molecule has 4 heteroatoms. The van der Waals surface area contributed by atoms with Crippen molar-refractivity contribution in [2.24, 2.45) is 0 Å². The molecule has 0 radical (unpaired) electrons. The van der Waals surface area contributed by atoms with Crippen LogP contribution in [-0.2, 0) is 6.54 Å². The Labute approximate surface area is 190 Å². The van der Waals surface area contributed by atoms with E-state index in [1.807, 2.05) is 22.1 Å². The van der Waals surface area contributed by atoms with Crippen LogP contribution in [0.5, 0.6) is 0 Å². The van der Waals surface area contributed by atoms with Crippen LogP contribution in [-0.4, -0.2) is 14.8 Å². The number of benzene rings is 4. The Bertz CT molecular complexity index is 1560. The summed E-state index contributed by atoms with van der Waals surface area (Å²) in [4.78, 5) is 5.04. The van der Waals surface area contributed by atoms with Crippen LogP contribution in [0.15, 0.2) is 97.1 Å². The summed E-state index contributed by atoms with van der Waals surface area (Å²) >= 11 is 1.81. The van der Waals surface area contributed by atoms with Gasteiger partial charge in [-0.1, -0.05) is 78.9 Å². The van der Waals surface area contributed by atoms with Crippen molar-refractivity contribution in [1.82, 2.24) is 14.8 Å². The van der Waals surface area contributed by atoms with Gasteiger partial charge in [-0.2, -0.15) is 5.10 Å². The molecule has 32 heavy (non-hydrogen) atoms. The third-order valence-electron chi connectivity index (χ3n) is 5.84. The van der Waals surface area contributed by atoms with Gasteiger partial charge in [0.1, 0.15) is 0 Å². The zero-order valence-electron chi connectivity index (χ0n) is 17.7. The lowest BCUT2D eigenvalue weighted by atomic mass is 10.0. The summed E-state index contributed by atoms with van der Waals surface area (Å²) in [5, 5.41) is 7.47. The predicted octanol–water partition coefficient (Wildman–Crippen LogP) is 7.67. The van der Waals surface area contributed by atoms with Gasteiger partial charge in [0.05, 0.1) is 0 Å². The predicted molar refractivity (Wildman–Crippen MR) is 135 cm³/mol. The van der Waals surface area contributed by atoms with Crippen LogP contribution >= 0.6 is 11.3 Å². The summed E-state index contributed by atoms with van der Waals surface area (Å²) < 4.78 is 4.54. The van der Waals surface area contributed by atoms with Crippen molar-refractivity contribution in [3.63, 3.8) is 0 Å². The molecule has 6 rings (SSSR count). The summed E-state index contributed by atoms with van der Waals surface area (Å²) in [6, 6.07) is 34.0. The minimum Gasteiger partial charge on any atom is -0.245 e. The van der Waals surface area contributed by atoms with E-state index in [1.54, 1.807) is 0 Å². The molecule has 4 aromatic carbocycles. The largest absolute Gasteiger partial charge is 0.245 e. The highest BCUT2D eigenvalue weighted by Gasteiger charge is 2.17. The summed E-state index contributed by atoms with van der Waals surface area (Å²) in [6.45, 7) is 2.88. The number of aryl methyl sites for hydroxylation is 1. The molecule has 0 atom stereocenters. The van der Waals surface area contributed by atoms with E-state index in [2.05, 4.69) is 97.9 Å². The highest BCUT2D eigenvalue weighted by molar-refractivity contribution is 7.26. The summed E-state index contributed by atoms with van der Waals surface area (Å²) in [5.41, 5.74) is 4.56. The van der Waals surface area contributed by atoms with Gasteiger partial charge >= 0.3 is 0 Å².